The number of fused-ring (bicyclic) bond motifs is 9. The maximum Gasteiger partial charge on any atom is 0.0971 e. The fourth-order valence-electron chi connectivity index (χ4n) is 10.2. The number of para-hydroxylation sites is 3. The molecule has 0 radical (unpaired) electrons. The summed E-state index contributed by atoms with van der Waals surface area (Å²) in [7, 11) is 0. The molecule has 63 heavy (non-hydrogen) atoms. The molecule has 1 aliphatic rings. The zero-order valence-electron chi connectivity index (χ0n) is 34.3. The van der Waals surface area contributed by atoms with E-state index in [4.69, 9.17) is 0 Å². The predicted molar refractivity (Wildman–Crippen MR) is 261 cm³/mol. The van der Waals surface area contributed by atoms with Crippen LogP contribution in [0.3, 0.4) is 0 Å². The van der Waals surface area contributed by atoms with E-state index in [-0.39, 0.29) is 0 Å². The third-order valence-electron chi connectivity index (χ3n) is 13.1. The minimum atomic E-state index is 0.873. The second-order valence-corrected chi connectivity index (χ2v) is 16.6. The van der Waals surface area contributed by atoms with Crippen molar-refractivity contribution >= 4 is 43.6 Å². The van der Waals surface area contributed by atoms with Crippen LogP contribution in [-0.4, -0.2) is 19.3 Å². The van der Waals surface area contributed by atoms with Crippen molar-refractivity contribution in [2.75, 3.05) is 0 Å². The molecule has 0 unspecified atom stereocenters. The molecule has 9 aromatic carbocycles. The predicted octanol–water partition coefficient (Wildman–Crippen LogP) is 14.9. The average molecular weight is 803 g/mol. The highest BCUT2D eigenvalue weighted by Gasteiger charge is 2.23. The molecule has 0 spiro atoms. The number of benzene rings is 9. The molecule has 0 fully saturated rings. The highest BCUT2D eigenvalue weighted by atomic mass is 15.1. The summed E-state index contributed by atoms with van der Waals surface area (Å²) in [5.74, 6) is 0. The van der Waals surface area contributed by atoms with Gasteiger partial charge in [-0.15, -0.1) is 0 Å². The number of aromatic nitrogens is 4. The Balaban J connectivity index is 0.868. The van der Waals surface area contributed by atoms with Gasteiger partial charge in [0, 0.05) is 50.5 Å². The minimum absolute atomic E-state index is 0.873. The molecule has 0 saturated heterocycles. The standard InChI is InChI=1S/C59H38N4/c1-2-19-46(20-3-1)62-55-25-8-6-23-49(55)51-34-42(27-29-57(51)62)43-28-30-58-52(35-43)50-24-7-9-26-56(50)63(58)47-21-12-17-41(33-47)39-15-10-14-38(31-39)40-16-11-18-45(32-40)59-53-36-44-13-4-5-22-48(44)54(53)37-60-61-59/h1-35,37H,36H2. The van der Waals surface area contributed by atoms with E-state index in [0.717, 1.165) is 34.5 Å². The molecule has 0 saturated carbocycles. The van der Waals surface area contributed by atoms with Crippen LogP contribution in [0, 0.1) is 0 Å². The molecule has 0 bridgehead atoms. The van der Waals surface area contributed by atoms with Crippen LogP contribution in [-0.2, 0) is 6.42 Å². The van der Waals surface area contributed by atoms with Crippen LogP contribution in [0.1, 0.15) is 11.1 Å². The average Bonchev–Trinajstić information content (AvgIpc) is 4.02. The summed E-state index contributed by atoms with van der Waals surface area (Å²) in [6.45, 7) is 0. The Labute approximate surface area is 364 Å². The fourth-order valence-corrected chi connectivity index (χ4v) is 10.2. The van der Waals surface area contributed by atoms with Crippen molar-refractivity contribution in [3.05, 3.63) is 230 Å². The second kappa shape index (κ2) is 14.1. The highest BCUT2D eigenvalue weighted by molar-refractivity contribution is 6.12. The first-order valence-corrected chi connectivity index (χ1v) is 21.6. The molecule has 294 valence electrons. The van der Waals surface area contributed by atoms with E-state index in [0.29, 0.717) is 0 Å². The quantitative estimate of drug-likeness (QED) is 0.168. The lowest BCUT2D eigenvalue weighted by Gasteiger charge is -2.12. The van der Waals surface area contributed by atoms with Gasteiger partial charge in [0.15, 0.2) is 0 Å². The van der Waals surface area contributed by atoms with E-state index in [1.807, 2.05) is 6.20 Å². The van der Waals surface area contributed by atoms with Crippen molar-refractivity contribution in [3.63, 3.8) is 0 Å². The van der Waals surface area contributed by atoms with Crippen LogP contribution < -0.4 is 0 Å². The molecule has 0 amide bonds. The molecule has 4 heteroatoms. The van der Waals surface area contributed by atoms with E-state index >= 15 is 0 Å². The summed E-state index contributed by atoms with van der Waals surface area (Å²) in [5.41, 5.74) is 21.2. The van der Waals surface area contributed by atoms with Crippen molar-refractivity contribution in [2.24, 2.45) is 0 Å². The van der Waals surface area contributed by atoms with E-state index in [9.17, 15) is 0 Å². The topological polar surface area (TPSA) is 35.6 Å². The van der Waals surface area contributed by atoms with Gasteiger partial charge >= 0.3 is 0 Å². The SMILES string of the molecule is c1ccc(-n2c3ccccc3c3cc(-c4ccc5c(c4)c4ccccc4n5-c4cccc(-c5cccc(-c6cccc(-c7nncc8c7Cc7ccccc7-8)c6)c5)c4)ccc32)cc1. The molecule has 13 rings (SSSR count). The number of nitrogens with zero attached hydrogens (tertiary/aromatic N) is 4. The molecule has 3 aromatic heterocycles. The van der Waals surface area contributed by atoms with Crippen LogP contribution >= 0.6 is 0 Å². The van der Waals surface area contributed by atoms with E-state index < -0.39 is 0 Å². The van der Waals surface area contributed by atoms with Crippen LogP contribution in [0.15, 0.2) is 219 Å². The molecule has 12 aromatic rings. The molecule has 3 heterocycles. The van der Waals surface area contributed by atoms with E-state index in [1.54, 1.807) is 0 Å². The molecule has 0 N–H and O–H groups in total. The van der Waals surface area contributed by atoms with E-state index in [2.05, 4.69) is 232 Å². The third kappa shape index (κ3) is 5.69. The zero-order valence-corrected chi connectivity index (χ0v) is 34.3. The first kappa shape index (κ1) is 35.4. The van der Waals surface area contributed by atoms with Gasteiger partial charge in [-0.05, 0) is 123 Å². The van der Waals surface area contributed by atoms with Gasteiger partial charge in [0.2, 0.25) is 0 Å². The number of rotatable bonds is 6. The lowest BCUT2D eigenvalue weighted by atomic mass is 9.96. The van der Waals surface area contributed by atoms with Crippen LogP contribution in [0.25, 0.3) is 111 Å². The molecule has 0 atom stereocenters. The van der Waals surface area contributed by atoms with E-state index in [1.165, 1.54) is 93.8 Å². The lowest BCUT2D eigenvalue weighted by Crippen LogP contribution is -1.95. The summed E-state index contributed by atoms with van der Waals surface area (Å²) in [5, 5.41) is 14.1. The first-order valence-electron chi connectivity index (χ1n) is 21.6. The van der Waals surface area contributed by atoms with Crippen LogP contribution in [0.4, 0.5) is 0 Å². The van der Waals surface area contributed by atoms with Crippen molar-refractivity contribution in [3.8, 4) is 67.1 Å². The van der Waals surface area contributed by atoms with Gasteiger partial charge in [0.25, 0.3) is 0 Å². The Bertz CT molecular complexity index is 3780. The minimum Gasteiger partial charge on any atom is -0.309 e. The van der Waals surface area contributed by atoms with Gasteiger partial charge < -0.3 is 9.13 Å². The molecule has 1 aliphatic carbocycles. The number of hydrogen-bond acceptors (Lipinski definition) is 2. The maximum absolute atomic E-state index is 4.68. The van der Waals surface area contributed by atoms with Crippen LogP contribution in [0.5, 0.6) is 0 Å². The molecular formula is C59H38N4. The Morgan fingerprint density at radius 3 is 1.51 bits per heavy atom. The third-order valence-corrected chi connectivity index (χ3v) is 13.1. The monoisotopic (exact) mass is 802 g/mol. The second-order valence-electron chi connectivity index (χ2n) is 16.6. The van der Waals surface area contributed by atoms with Gasteiger partial charge in [-0.2, -0.15) is 10.2 Å². The van der Waals surface area contributed by atoms with Gasteiger partial charge in [-0.3, -0.25) is 0 Å². The Morgan fingerprint density at radius 2 is 0.825 bits per heavy atom. The fraction of sp³-hybridized carbons (Fsp3) is 0.0169. The van der Waals surface area contributed by atoms with Crippen molar-refractivity contribution in [1.82, 2.24) is 19.3 Å². The van der Waals surface area contributed by atoms with Gasteiger partial charge in [0.1, 0.15) is 0 Å². The Morgan fingerprint density at radius 1 is 0.333 bits per heavy atom. The highest BCUT2D eigenvalue weighted by Crippen LogP contribution is 2.42. The summed E-state index contributed by atoms with van der Waals surface area (Å²) in [6, 6.07) is 77.3. The summed E-state index contributed by atoms with van der Waals surface area (Å²) in [4.78, 5) is 0. The van der Waals surface area contributed by atoms with Crippen molar-refractivity contribution in [1.29, 1.82) is 0 Å². The zero-order chi connectivity index (χ0) is 41.4. The van der Waals surface area contributed by atoms with Gasteiger partial charge in [-0.1, -0.05) is 140 Å². The van der Waals surface area contributed by atoms with Crippen molar-refractivity contribution < 1.29 is 0 Å². The maximum atomic E-state index is 4.68. The smallest absolute Gasteiger partial charge is 0.0971 e. The number of hydrogen-bond donors (Lipinski definition) is 0. The van der Waals surface area contributed by atoms with Gasteiger partial charge in [-0.25, -0.2) is 0 Å². The Hall–Kier alpha value is -8.34. The largest absolute Gasteiger partial charge is 0.309 e. The Kier molecular flexibility index (Phi) is 7.94. The summed E-state index contributed by atoms with van der Waals surface area (Å²) in [6.07, 6.45) is 2.79. The van der Waals surface area contributed by atoms with Crippen LogP contribution in [0.2, 0.25) is 0 Å². The molecule has 0 aliphatic heterocycles. The molecule has 4 nitrogen and oxygen atoms in total. The normalized spacial score (nSPS) is 12.1. The summed E-state index contributed by atoms with van der Waals surface area (Å²) >= 11 is 0. The first-order chi connectivity index (χ1) is 31.2. The van der Waals surface area contributed by atoms with Crippen molar-refractivity contribution in [2.45, 2.75) is 6.42 Å². The summed E-state index contributed by atoms with van der Waals surface area (Å²) < 4.78 is 4.79. The lowest BCUT2D eigenvalue weighted by molar-refractivity contribution is 1.02. The molecular weight excluding hydrogens is 765 g/mol. The van der Waals surface area contributed by atoms with Gasteiger partial charge in [0.05, 0.1) is 34.0 Å².